The van der Waals surface area contributed by atoms with Gasteiger partial charge in [-0.1, -0.05) is 0 Å². The lowest BCUT2D eigenvalue weighted by atomic mass is 9.98. The van der Waals surface area contributed by atoms with Gasteiger partial charge in [0.05, 0.1) is 24.4 Å². The maximum absolute atomic E-state index is 14.1. The first-order valence-electron chi connectivity index (χ1n) is 6.74. The number of benzene rings is 1. The number of aryl methyl sites for hydroxylation is 2. The average Bonchev–Trinajstić information content (AvgIpc) is 2.80. The lowest BCUT2D eigenvalue weighted by molar-refractivity contribution is -0.137. The molecular weight excluding hydrogens is 308 g/mol. The molecule has 2 rings (SSSR count). The number of nitrogens with zero attached hydrogens (tertiary/aromatic N) is 2. The Kier molecular flexibility index (Phi) is 4.73. The highest BCUT2D eigenvalue weighted by atomic mass is 19.2. The van der Waals surface area contributed by atoms with Crippen molar-refractivity contribution in [2.24, 2.45) is 7.05 Å². The average molecular weight is 323 g/mol. The number of rotatable bonds is 6. The zero-order valence-corrected chi connectivity index (χ0v) is 12.5. The van der Waals surface area contributed by atoms with E-state index in [2.05, 4.69) is 10.4 Å². The number of amides is 1. The van der Waals surface area contributed by atoms with Gasteiger partial charge in [-0.05, 0) is 24.6 Å². The van der Waals surface area contributed by atoms with Crippen LogP contribution in [0.4, 0.5) is 8.78 Å². The molecule has 1 atom stereocenters. The van der Waals surface area contributed by atoms with E-state index in [1.807, 2.05) is 0 Å². The van der Waals surface area contributed by atoms with Crippen molar-refractivity contribution in [3.05, 3.63) is 41.1 Å². The van der Waals surface area contributed by atoms with Crippen LogP contribution < -0.4 is 5.32 Å². The van der Waals surface area contributed by atoms with Crippen LogP contribution in [0.5, 0.6) is 0 Å². The highest BCUT2D eigenvalue weighted by Gasteiger charge is 2.23. The molecular formula is C15H15F2N3O3. The Morgan fingerprint density at radius 1 is 1.48 bits per heavy atom. The minimum absolute atomic E-state index is 0.227. The third-order valence-corrected chi connectivity index (χ3v) is 3.47. The van der Waals surface area contributed by atoms with Gasteiger partial charge in [0.25, 0.3) is 0 Å². The molecule has 23 heavy (non-hydrogen) atoms. The van der Waals surface area contributed by atoms with E-state index in [0.29, 0.717) is 11.3 Å². The second-order valence-electron chi connectivity index (χ2n) is 5.10. The predicted octanol–water partition coefficient (Wildman–Crippen LogP) is 1.94. The predicted molar refractivity (Wildman–Crippen MR) is 77.5 cm³/mol. The third kappa shape index (κ3) is 3.36. The molecule has 0 saturated carbocycles. The van der Waals surface area contributed by atoms with E-state index in [1.165, 1.54) is 10.7 Å². The first kappa shape index (κ1) is 16.6. The number of aromatic nitrogens is 2. The summed E-state index contributed by atoms with van der Waals surface area (Å²) in [4.78, 5) is 21.5. The van der Waals surface area contributed by atoms with E-state index in [4.69, 9.17) is 5.11 Å². The summed E-state index contributed by atoms with van der Waals surface area (Å²) >= 11 is 0. The van der Waals surface area contributed by atoms with E-state index >= 15 is 0 Å². The third-order valence-electron chi connectivity index (χ3n) is 3.47. The van der Waals surface area contributed by atoms with Crippen LogP contribution in [0.15, 0.2) is 18.3 Å². The van der Waals surface area contributed by atoms with Gasteiger partial charge in [0.15, 0.2) is 11.6 Å². The van der Waals surface area contributed by atoms with Gasteiger partial charge < -0.3 is 10.4 Å². The molecule has 1 amide bonds. The number of nitrogens with one attached hydrogen (secondary N) is 1. The molecule has 1 aromatic carbocycles. The molecule has 0 aliphatic rings. The molecule has 8 heteroatoms. The van der Waals surface area contributed by atoms with Gasteiger partial charge >= 0.3 is 5.97 Å². The van der Waals surface area contributed by atoms with Crippen molar-refractivity contribution in [2.45, 2.75) is 19.4 Å². The molecule has 0 saturated heterocycles. The minimum Gasteiger partial charge on any atom is -0.481 e. The van der Waals surface area contributed by atoms with Crippen molar-refractivity contribution in [2.75, 3.05) is 0 Å². The fourth-order valence-electron chi connectivity index (χ4n) is 2.48. The highest BCUT2D eigenvalue weighted by Crippen LogP contribution is 2.30. The molecule has 2 N–H and O–H groups in total. The molecule has 6 nitrogen and oxygen atoms in total. The van der Waals surface area contributed by atoms with Crippen LogP contribution in [0, 0.1) is 18.6 Å². The Hall–Kier alpha value is -2.77. The van der Waals surface area contributed by atoms with E-state index in [-0.39, 0.29) is 12.0 Å². The number of aliphatic carboxylic acids is 1. The van der Waals surface area contributed by atoms with Crippen LogP contribution in [0.1, 0.15) is 23.6 Å². The van der Waals surface area contributed by atoms with Crippen LogP contribution in [-0.4, -0.2) is 27.3 Å². The van der Waals surface area contributed by atoms with Crippen LogP contribution in [0.3, 0.4) is 0 Å². The summed E-state index contributed by atoms with van der Waals surface area (Å²) in [7, 11) is 1.65. The summed E-state index contributed by atoms with van der Waals surface area (Å²) in [5.41, 5.74) is 1.45. The van der Waals surface area contributed by atoms with E-state index in [1.54, 1.807) is 20.2 Å². The van der Waals surface area contributed by atoms with Gasteiger partial charge in [-0.2, -0.15) is 5.10 Å². The van der Waals surface area contributed by atoms with Crippen molar-refractivity contribution in [1.29, 1.82) is 0 Å². The number of carbonyl (C=O) groups excluding carboxylic acids is 1. The molecule has 1 heterocycles. The van der Waals surface area contributed by atoms with Crippen LogP contribution in [0.25, 0.3) is 11.3 Å². The number of carboxylic acid groups (broad SMARTS) is 1. The zero-order valence-electron chi connectivity index (χ0n) is 12.5. The largest absolute Gasteiger partial charge is 0.481 e. The van der Waals surface area contributed by atoms with Crippen LogP contribution in [0.2, 0.25) is 0 Å². The van der Waals surface area contributed by atoms with Crippen molar-refractivity contribution in [3.63, 3.8) is 0 Å². The van der Waals surface area contributed by atoms with E-state index < -0.39 is 30.1 Å². The van der Waals surface area contributed by atoms with Crippen molar-refractivity contribution < 1.29 is 23.5 Å². The zero-order chi connectivity index (χ0) is 17.1. The van der Waals surface area contributed by atoms with Gasteiger partial charge in [0.2, 0.25) is 6.41 Å². The Morgan fingerprint density at radius 3 is 2.70 bits per heavy atom. The molecule has 0 aliphatic heterocycles. The summed E-state index contributed by atoms with van der Waals surface area (Å²) in [5, 5.41) is 15.1. The maximum Gasteiger partial charge on any atom is 0.305 e. The normalized spacial score (nSPS) is 12.0. The van der Waals surface area contributed by atoms with E-state index in [0.717, 1.165) is 11.6 Å². The Bertz CT molecular complexity index is 739. The monoisotopic (exact) mass is 323 g/mol. The lowest BCUT2D eigenvalue weighted by Crippen LogP contribution is -2.24. The molecule has 0 unspecified atom stereocenters. The van der Waals surface area contributed by atoms with Crippen molar-refractivity contribution in [3.8, 4) is 11.3 Å². The lowest BCUT2D eigenvalue weighted by Gasteiger charge is -2.17. The van der Waals surface area contributed by atoms with Gasteiger partial charge in [-0.15, -0.1) is 0 Å². The first-order chi connectivity index (χ1) is 10.8. The summed E-state index contributed by atoms with van der Waals surface area (Å²) in [5.74, 6) is -3.55. The van der Waals surface area contributed by atoms with Gasteiger partial charge in [0, 0.05) is 18.2 Å². The minimum atomic E-state index is -1.24. The molecule has 0 spiro atoms. The molecule has 122 valence electrons. The Balaban J connectivity index is 2.59. The summed E-state index contributed by atoms with van der Waals surface area (Å²) in [6.45, 7) is 1.77. The molecule has 0 aliphatic carbocycles. The summed E-state index contributed by atoms with van der Waals surface area (Å²) < 4.78 is 29.6. The Labute approximate surface area is 130 Å². The van der Waals surface area contributed by atoms with Crippen molar-refractivity contribution in [1.82, 2.24) is 15.1 Å². The maximum atomic E-state index is 14.1. The van der Waals surface area contributed by atoms with Gasteiger partial charge in [-0.25, -0.2) is 8.78 Å². The van der Waals surface area contributed by atoms with Gasteiger partial charge in [0.1, 0.15) is 0 Å². The first-order valence-corrected chi connectivity index (χ1v) is 6.74. The summed E-state index contributed by atoms with van der Waals surface area (Å²) in [6.07, 6.45) is 1.27. The second kappa shape index (κ2) is 6.55. The number of carbonyl (C=O) groups is 2. The quantitative estimate of drug-likeness (QED) is 0.796. The molecule has 0 bridgehead atoms. The second-order valence-corrected chi connectivity index (χ2v) is 5.10. The number of hydrogen-bond acceptors (Lipinski definition) is 3. The number of carboxylic acids is 1. The Morgan fingerprint density at radius 2 is 2.17 bits per heavy atom. The molecule has 0 fully saturated rings. The SMILES string of the molecule is Cc1cnn(C)c1-c1cc(F)c(F)c([C@H](CC(=O)O)NC=O)c1. The summed E-state index contributed by atoms with van der Waals surface area (Å²) in [6, 6.07) is 1.17. The number of halogens is 2. The standard InChI is InChI=1S/C15H15F2N3O3/c1-8-6-19-20(2)15(8)9-3-10(14(17)11(16)4-9)12(18-7-21)5-13(22)23/h3-4,6-7,12H,5H2,1-2H3,(H,18,21)(H,22,23)/t12-/m0/s1. The van der Waals surface area contributed by atoms with E-state index in [9.17, 15) is 18.4 Å². The topological polar surface area (TPSA) is 84.2 Å². The molecule has 1 aromatic heterocycles. The fraction of sp³-hybridized carbons (Fsp3) is 0.267. The highest BCUT2D eigenvalue weighted by molar-refractivity contribution is 5.70. The van der Waals surface area contributed by atoms with Crippen molar-refractivity contribution >= 4 is 12.4 Å². The number of hydrogen-bond donors (Lipinski definition) is 2. The molecule has 0 radical (unpaired) electrons. The van der Waals surface area contributed by atoms with Crippen LogP contribution in [-0.2, 0) is 16.6 Å². The molecule has 2 aromatic rings. The fourth-order valence-corrected chi connectivity index (χ4v) is 2.48. The smallest absolute Gasteiger partial charge is 0.305 e. The van der Waals surface area contributed by atoms with Gasteiger partial charge in [-0.3, -0.25) is 14.3 Å². The van der Waals surface area contributed by atoms with Crippen LogP contribution >= 0.6 is 0 Å².